The number of carbonyl (C=O) groups is 2. The van der Waals surface area contributed by atoms with Crippen molar-refractivity contribution in [2.75, 3.05) is 18.6 Å². The zero-order chi connectivity index (χ0) is 28.4. The number of hydrogen-bond acceptors (Lipinski definition) is 7. The van der Waals surface area contributed by atoms with Gasteiger partial charge in [0.2, 0.25) is 0 Å². The van der Waals surface area contributed by atoms with Crippen molar-refractivity contribution in [2.24, 2.45) is 0 Å². The van der Waals surface area contributed by atoms with Crippen LogP contribution < -0.4 is 19.1 Å². The molecule has 2 N–H and O–H groups in total. The molecule has 204 valence electrons. The largest absolute Gasteiger partial charge is 0.507 e. The summed E-state index contributed by atoms with van der Waals surface area (Å²) < 4.78 is 17.0. The van der Waals surface area contributed by atoms with Gasteiger partial charge in [-0.3, -0.25) is 14.5 Å². The maximum absolute atomic E-state index is 13.5. The van der Waals surface area contributed by atoms with Crippen LogP contribution in [0.1, 0.15) is 49.1 Å². The number of Topliss-reactive ketones (excluding diaryl/α,β-unsaturated/α-hetero) is 1. The van der Waals surface area contributed by atoms with Crippen LogP contribution in [-0.4, -0.2) is 41.7 Å². The normalized spacial score (nSPS) is 16.6. The van der Waals surface area contributed by atoms with Gasteiger partial charge < -0.3 is 24.4 Å². The predicted octanol–water partition coefficient (Wildman–Crippen LogP) is 5.83. The fourth-order valence-corrected chi connectivity index (χ4v) is 4.69. The third kappa shape index (κ3) is 5.27. The van der Waals surface area contributed by atoms with Crippen molar-refractivity contribution in [2.45, 2.75) is 46.8 Å². The molecule has 3 aromatic rings. The number of phenolic OH excluding ortho intramolecular Hbond substituents is 1. The van der Waals surface area contributed by atoms with Gasteiger partial charge >= 0.3 is 0 Å². The molecule has 0 saturated carbocycles. The average Bonchev–Trinajstić information content (AvgIpc) is 3.16. The molecule has 0 radical (unpaired) electrons. The van der Waals surface area contributed by atoms with Crippen LogP contribution in [-0.2, 0) is 9.59 Å². The highest BCUT2D eigenvalue weighted by Crippen LogP contribution is 2.46. The highest BCUT2D eigenvalue weighted by molar-refractivity contribution is 6.52. The number of rotatable bonds is 8. The second-order valence-electron chi connectivity index (χ2n) is 9.65. The van der Waals surface area contributed by atoms with Crippen molar-refractivity contribution in [3.05, 3.63) is 82.4 Å². The van der Waals surface area contributed by atoms with Gasteiger partial charge in [-0.25, -0.2) is 0 Å². The molecule has 0 bridgehead atoms. The highest BCUT2D eigenvalue weighted by atomic mass is 16.5. The number of nitrogens with zero attached hydrogens (tertiary/aromatic N) is 1. The number of amides is 1. The number of ketones is 1. The smallest absolute Gasteiger partial charge is 0.300 e. The van der Waals surface area contributed by atoms with Crippen molar-refractivity contribution >= 4 is 23.1 Å². The van der Waals surface area contributed by atoms with Crippen LogP contribution in [0.5, 0.6) is 23.0 Å². The lowest BCUT2D eigenvalue weighted by Crippen LogP contribution is -2.29. The van der Waals surface area contributed by atoms with Crippen molar-refractivity contribution in [3.8, 4) is 23.0 Å². The number of aliphatic hydroxyl groups is 1. The number of anilines is 1. The molecule has 3 aromatic carbocycles. The first-order chi connectivity index (χ1) is 18.6. The summed E-state index contributed by atoms with van der Waals surface area (Å²) in [6.07, 6.45) is -0.0370. The highest BCUT2D eigenvalue weighted by Gasteiger charge is 2.48. The van der Waals surface area contributed by atoms with E-state index in [2.05, 4.69) is 0 Å². The molecule has 1 amide bonds. The van der Waals surface area contributed by atoms with E-state index in [1.54, 1.807) is 48.5 Å². The van der Waals surface area contributed by atoms with Gasteiger partial charge in [-0.05, 0) is 93.8 Å². The first-order valence-corrected chi connectivity index (χ1v) is 12.8. The molecule has 1 atom stereocenters. The third-order valence-corrected chi connectivity index (χ3v) is 6.45. The maximum Gasteiger partial charge on any atom is 0.300 e. The van der Waals surface area contributed by atoms with Crippen LogP contribution in [0.3, 0.4) is 0 Å². The zero-order valence-electron chi connectivity index (χ0n) is 22.9. The third-order valence-electron chi connectivity index (χ3n) is 6.45. The van der Waals surface area contributed by atoms with Crippen molar-refractivity contribution < 1.29 is 34.0 Å². The minimum absolute atomic E-state index is 0.0370. The van der Waals surface area contributed by atoms with Crippen LogP contribution in [0.25, 0.3) is 5.76 Å². The number of aromatic hydroxyl groups is 1. The lowest BCUT2D eigenvalue weighted by atomic mass is 9.94. The summed E-state index contributed by atoms with van der Waals surface area (Å²) in [5, 5.41) is 22.2. The van der Waals surface area contributed by atoms with E-state index in [9.17, 15) is 19.8 Å². The molecule has 1 aliphatic heterocycles. The predicted molar refractivity (Wildman–Crippen MR) is 149 cm³/mol. The second-order valence-corrected chi connectivity index (χ2v) is 9.65. The van der Waals surface area contributed by atoms with Gasteiger partial charge in [-0.15, -0.1) is 0 Å². The number of phenols is 1. The Morgan fingerprint density at radius 2 is 1.69 bits per heavy atom. The standard InChI is InChI=1S/C31H33NO7/c1-7-38-26-16-20(9-13-25(26)37-6)28-27(29(34)21-10-12-24(19(5)15-21)39-17(2)3)30(35)31(36)32(28)22-14-18(4)8-11-23(22)33/h8-17,28,33-34H,7H2,1-6H3/b29-27-. The fraction of sp³-hybridized carbons (Fsp3) is 0.290. The Labute approximate surface area is 228 Å². The molecule has 0 spiro atoms. The Balaban J connectivity index is 1.96. The van der Waals surface area contributed by atoms with E-state index in [0.717, 1.165) is 11.1 Å². The zero-order valence-corrected chi connectivity index (χ0v) is 22.9. The minimum atomic E-state index is -1.05. The molecule has 1 saturated heterocycles. The van der Waals surface area contributed by atoms with Gasteiger partial charge in [0.1, 0.15) is 17.3 Å². The van der Waals surface area contributed by atoms with Gasteiger partial charge in [0, 0.05) is 5.56 Å². The van der Waals surface area contributed by atoms with Crippen LogP contribution in [0, 0.1) is 13.8 Å². The summed E-state index contributed by atoms with van der Waals surface area (Å²) in [5.74, 6) is -0.687. The summed E-state index contributed by atoms with van der Waals surface area (Å²) >= 11 is 0. The van der Waals surface area contributed by atoms with Gasteiger partial charge in [-0.1, -0.05) is 12.1 Å². The lowest BCUT2D eigenvalue weighted by Gasteiger charge is -2.27. The van der Waals surface area contributed by atoms with Gasteiger partial charge in [0.25, 0.3) is 11.7 Å². The van der Waals surface area contributed by atoms with E-state index < -0.39 is 17.7 Å². The Kier molecular flexibility index (Phi) is 7.85. The number of aryl methyl sites for hydroxylation is 2. The molecule has 1 unspecified atom stereocenters. The summed E-state index contributed by atoms with van der Waals surface area (Å²) in [4.78, 5) is 28.3. The number of methoxy groups -OCH3 is 1. The second kappa shape index (κ2) is 11.1. The Hall–Kier alpha value is -4.46. The van der Waals surface area contributed by atoms with E-state index in [-0.39, 0.29) is 28.9 Å². The minimum Gasteiger partial charge on any atom is -0.507 e. The van der Waals surface area contributed by atoms with Crippen molar-refractivity contribution in [1.82, 2.24) is 0 Å². The first kappa shape index (κ1) is 27.6. The Bertz CT molecular complexity index is 1460. The molecular formula is C31H33NO7. The summed E-state index contributed by atoms with van der Waals surface area (Å²) in [7, 11) is 1.52. The molecule has 4 rings (SSSR count). The Morgan fingerprint density at radius 1 is 0.974 bits per heavy atom. The van der Waals surface area contributed by atoms with Crippen LogP contribution in [0.4, 0.5) is 5.69 Å². The average molecular weight is 532 g/mol. The molecule has 1 fully saturated rings. The molecular weight excluding hydrogens is 498 g/mol. The monoisotopic (exact) mass is 531 g/mol. The van der Waals surface area contributed by atoms with Gasteiger partial charge in [0.15, 0.2) is 11.5 Å². The first-order valence-electron chi connectivity index (χ1n) is 12.8. The summed E-state index contributed by atoms with van der Waals surface area (Å²) in [6, 6.07) is 13.9. The molecule has 1 aliphatic rings. The van der Waals surface area contributed by atoms with E-state index in [0.29, 0.717) is 35.0 Å². The van der Waals surface area contributed by atoms with Crippen LogP contribution >= 0.6 is 0 Å². The van der Waals surface area contributed by atoms with E-state index in [1.807, 2.05) is 34.6 Å². The van der Waals surface area contributed by atoms with E-state index >= 15 is 0 Å². The Morgan fingerprint density at radius 3 is 2.33 bits per heavy atom. The molecule has 1 heterocycles. The van der Waals surface area contributed by atoms with Crippen molar-refractivity contribution in [1.29, 1.82) is 0 Å². The lowest BCUT2D eigenvalue weighted by molar-refractivity contribution is -0.132. The molecule has 0 aromatic heterocycles. The number of aliphatic hydroxyl groups excluding tert-OH is 1. The van der Waals surface area contributed by atoms with Gasteiger partial charge in [-0.2, -0.15) is 0 Å². The molecule has 8 heteroatoms. The molecule has 0 aliphatic carbocycles. The SMILES string of the molecule is CCOc1cc(C2/C(=C(/O)c3ccc(OC(C)C)c(C)c3)C(=O)C(=O)N2c2cc(C)ccc2O)ccc1OC. The fourth-order valence-electron chi connectivity index (χ4n) is 4.69. The number of hydrogen-bond donors (Lipinski definition) is 2. The van der Waals surface area contributed by atoms with Crippen LogP contribution in [0.2, 0.25) is 0 Å². The summed E-state index contributed by atoms with van der Waals surface area (Å²) in [6.45, 7) is 9.69. The topological polar surface area (TPSA) is 106 Å². The maximum atomic E-state index is 13.5. The quantitative estimate of drug-likeness (QED) is 0.214. The summed E-state index contributed by atoms with van der Waals surface area (Å²) in [5.41, 5.74) is 2.45. The number of benzene rings is 3. The van der Waals surface area contributed by atoms with Crippen LogP contribution in [0.15, 0.2) is 60.2 Å². The number of ether oxygens (including phenoxy) is 3. The number of carbonyl (C=O) groups excluding carboxylic acids is 2. The molecule has 8 nitrogen and oxygen atoms in total. The van der Waals surface area contributed by atoms with Gasteiger partial charge in [0.05, 0.1) is 37.1 Å². The molecule has 39 heavy (non-hydrogen) atoms. The van der Waals surface area contributed by atoms with E-state index in [4.69, 9.17) is 14.2 Å². The van der Waals surface area contributed by atoms with Crippen molar-refractivity contribution in [3.63, 3.8) is 0 Å². The van der Waals surface area contributed by atoms with E-state index in [1.165, 1.54) is 18.1 Å².